The topological polar surface area (TPSA) is 44.9 Å². The Labute approximate surface area is 120 Å². The van der Waals surface area contributed by atoms with Crippen molar-refractivity contribution in [1.29, 1.82) is 0 Å². The molecule has 1 amide bonds. The van der Waals surface area contributed by atoms with Crippen LogP contribution < -0.4 is 5.32 Å². The third kappa shape index (κ3) is 1.57. The molecule has 3 nitrogen and oxygen atoms in total. The number of H-pyrrole nitrogens is 1. The minimum absolute atomic E-state index is 0.0259. The van der Waals surface area contributed by atoms with E-state index in [2.05, 4.69) is 10.3 Å². The van der Waals surface area contributed by atoms with Crippen LogP contribution in [0.2, 0.25) is 5.02 Å². The van der Waals surface area contributed by atoms with Crippen LogP contribution in [-0.2, 0) is 0 Å². The Morgan fingerprint density at radius 3 is 2.80 bits per heavy atom. The molecule has 1 aromatic heterocycles. The zero-order valence-electron chi connectivity index (χ0n) is 10.5. The summed E-state index contributed by atoms with van der Waals surface area (Å²) in [6.07, 6.45) is 1.94. The fourth-order valence-electron chi connectivity index (χ4n) is 2.84. The van der Waals surface area contributed by atoms with Crippen molar-refractivity contribution in [3.05, 3.63) is 70.4 Å². The number of rotatable bonds is 1. The molecular weight excluding hydrogens is 272 g/mol. The zero-order valence-corrected chi connectivity index (χ0v) is 11.2. The van der Waals surface area contributed by atoms with E-state index in [1.165, 1.54) is 0 Å². The molecule has 4 rings (SSSR count). The molecule has 2 heterocycles. The van der Waals surface area contributed by atoms with Gasteiger partial charge in [-0.2, -0.15) is 0 Å². The molecular formula is C16H11ClN2O. The standard InChI is InChI=1S/C16H11ClN2O/c17-9-5-6-14-12(7-9)13(8-18-14)15-10-3-1-2-4-11(10)16(20)19-15/h1-8,15,18H,(H,19,20)/t15-/m1/s1. The molecule has 1 aliphatic heterocycles. The molecule has 0 spiro atoms. The molecule has 98 valence electrons. The lowest BCUT2D eigenvalue weighted by Crippen LogP contribution is -2.19. The fourth-order valence-corrected chi connectivity index (χ4v) is 3.01. The fraction of sp³-hybridized carbons (Fsp3) is 0.0625. The first kappa shape index (κ1) is 11.6. The number of hydrogen-bond donors (Lipinski definition) is 2. The molecule has 0 saturated heterocycles. The van der Waals surface area contributed by atoms with E-state index in [4.69, 9.17) is 11.6 Å². The average Bonchev–Trinajstić information content (AvgIpc) is 3.00. The van der Waals surface area contributed by atoms with E-state index in [1.54, 1.807) is 0 Å². The smallest absolute Gasteiger partial charge is 0.252 e. The lowest BCUT2D eigenvalue weighted by molar-refractivity contribution is 0.0960. The van der Waals surface area contributed by atoms with Gasteiger partial charge in [-0.25, -0.2) is 0 Å². The first-order valence-electron chi connectivity index (χ1n) is 6.40. The first-order chi connectivity index (χ1) is 9.74. The quantitative estimate of drug-likeness (QED) is 0.703. The van der Waals surface area contributed by atoms with Gasteiger partial charge in [0.25, 0.3) is 5.91 Å². The molecule has 2 N–H and O–H groups in total. The van der Waals surface area contributed by atoms with Crippen LogP contribution in [0.15, 0.2) is 48.7 Å². The maximum atomic E-state index is 12.0. The van der Waals surface area contributed by atoms with E-state index in [1.807, 2.05) is 48.7 Å². The second kappa shape index (κ2) is 4.12. The Kier molecular flexibility index (Phi) is 2.38. The summed E-state index contributed by atoms with van der Waals surface area (Å²) in [5, 5.41) is 4.76. The van der Waals surface area contributed by atoms with Crippen LogP contribution in [0.5, 0.6) is 0 Å². The van der Waals surface area contributed by atoms with Gasteiger partial charge in [-0.3, -0.25) is 4.79 Å². The second-order valence-corrected chi connectivity index (χ2v) is 5.36. The molecule has 4 heteroatoms. The van der Waals surface area contributed by atoms with Gasteiger partial charge in [-0.15, -0.1) is 0 Å². The second-order valence-electron chi connectivity index (χ2n) is 4.93. The van der Waals surface area contributed by atoms with E-state index in [-0.39, 0.29) is 11.9 Å². The number of aromatic nitrogens is 1. The average molecular weight is 283 g/mol. The summed E-state index contributed by atoms with van der Waals surface area (Å²) < 4.78 is 0. The van der Waals surface area contributed by atoms with E-state index in [9.17, 15) is 4.79 Å². The molecule has 0 fully saturated rings. The number of amides is 1. The number of nitrogens with one attached hydrogen (secondary N) is 2. The molecule has 0 radical (unpaired) electrons. The number of hydrogen-bond acceptors (Lipinski definition) is 1. The Morgan fingerprint density at radius 2 is 1.90 bits per heavy atom. The van der Waals surface area contributed by atoms with Gasteiger partial charge in [0.05, 0.1) is 6.04 Å². The third-order valence-electron chi connectivity index (χ3n) is 3.78. The highest BCUT2D eigenvalue weighted by Gasteiger charge is 2.30. The van der Waals surface area contributed by atoms with Crippen molar-refractivity contribution in [1.82, 2.24) is 10.3 Å². The number of fused-ring (bicyclic) bond motifs is 2. The highest BCUT2D eigenvalue weighted by molar-refractivity contribution is 6.31. The summed E-state index contributed by atoms with van der Waals surface area (Å²) in [5.41, 5.74) is 3.82. The number of halogens is 1. The van der Waals surface area contributed by atoms with Crippen LogP contribution in [0.4, 0.5) is 0 Å². The predicted molar refractivity (Wildman–Crippen MR) is 79.1 cm³/mol. The monoisotopic (exact) mass is 282 g/mol. The maximum Gasteiger partial charge on any atom is 0.252 e. The number of aromatic amines is 1. The highest BCUT2D eigenvalue weighted by atomic mass is 35.5. The Bertz CT molecular complexity index is 837. The van der Waals surface area contributed by atoms with Crippen LogP contribution in [0.1, 0.15) is 27.5 Å². The Balaban J connectivity index is 1.93. The number of benzene rings is 2. The maximum absolute atomic E-state index is 12.0. The summed E-state index contributed by atoms with van der Waals surface area (Å²) in [4.78, 5) is 15.3. The van der Waals surface area contributed by atoms with Crippen molar-refractivity contribution in [2.24, 2.45) is 0 Å². The number of carbonyl (C=O) groups excluding carboxylic acids is 1. The normalized spacial score (nSPS) is 17.2. The van der Waals surface area contributed by atoms with Crippen LogP contribution in [-0.4, -0.2) is 10.9 Å². The van der Waals surface area contributed by atoms with Crippen molar-refractivity contribution < 1.29 is 4.79 Å². The van der Waals surface area contributed by atoms with Crippen molar-refractivity contribution in [3.8, 4) is 0 Å². The van der Waals surface area contributed by atoms with Gasteiger partial charge in [0.2, 0.25) is 0 Å². The predicted octanol–water partition coefficient (Wildman–Crippen LogP) is 3.65. The zero-order chi connectivity index (χ0) is 13.7. The van der Waals surface area contributed by atoms with Crippen molar-refractivity contribution >= 4 is 28.4 Å². The van der Waals surface area contributed by atoms with Gasteiger partial charge < -0.3 is 10.3 Å². The highest BCUT2D eigenvalue weighted by Crippen LogP contribution is 2.35. The van der Waals surface area contributed by atoms with E-state index in [0.29, 0.717) is 5.02 Å². The molecule has 0 bridgehead atoms. The molecule has 0 unspecified atom stereocenters. The summed E-state index contributed by atoms with van der Waals surface area (Å²) in [6, 6.07) is 13.3. The lowest BCUT2D eigenvalue weighted by atomic mass is 9.98. The van der Waals surface area contributed by atoms with Gasteiger partial charge >= 0.3 is 0 Å². The van der Waals surface area contributed by atoms with Crippen molar-refractivity contribution in [2.75, 3.05) is 0 Å². The summed E-state index contributed by atoms with van der Waals surface area (Å²) in [6.45, 7) is 0. The SMILES string of the molecule is O=C1N[C@@H](c2c[nH]c3ccc(Cl)cc23)c2ccccc21. The van der Waals surface area contributed by atoms with E-state index in [0.717, 1.165) is 27.6 Å². The molecule has 20 heavy (non-hydrogen) atoms. The van der Waals surface area contributed by atoms with Crippen molar-refractivity contribution in [2.45, 2.75) is 6.04 Å². The molecule has 0 saturated carbocycles. The van der Waals surface area contributed by atoms with Crippen LogP contribution in [0, 0.1) is 0 Å². The molecule has 0 aliphatic carbocycles. The minimum Gasteiger partial charge on any atom is -0.361 e. The number of carbonyl (C=O) groups is 1. The summed E-state index contributed by atoms with van der Waals surface area (Å²) >= 11 is 6.08. The van der Waals surface area contributed by atoms with Gasteiger partial charge in [-0.05, 0) is 29.8 Å². The molecule has 2 aromatic carbocycles. The first-order valence-corrected chi connectivity index (χ1v) is 6.78. The van der Waals surface area contributed by atoms with Crippen molar-refractivity contribution in [3.63, 3.8) is 0 Å². The summed E-state index contributed by atoms with van der Waals surface area (Å²) in [7, 11) is 0. The van der Waals surface area contributed by atoms with Crippen LogP contribution in [0.25, 0.3) is 10.9 Å². The van der Waals surface area contributed by atoms with Gasteiger partial charge in [0, 0.05) is 33.2 Å². The minimum atomic E-state index is -0.120. The molecule has 3 aromatic rings. The van der Waals surface area contributed by atoms with E-state index >= 15 is 0 Å². The van der Waals surface area contributed by atoms with Gasteiger partial charge in [0.1, 0.15) is 0 Å². The van der Waals surface area contributed by atoms with Crippen LogP contribution >= 0.6 is 11.6 Å². The van der Waals surface area contributed by atoms with Gasteiger partial charge in [-0.1, -0.05) is 29.8 Å². The van der Waals surface area contributed by atoms with Crippen LogP contribution in [0.3, 0.4) is 0 Å². The Morgan fingerprint density at radius 1 is 1.05 bits per heavy atom. The Hall–Kier alpha value is -2.26. The summed E-state index contributed by atoms with van der Waals surface area (Å²) in [5.74, 6) is -0.0259. The van der Waals surface area contributed by atoms with E-state index < -0.39 is 0 Å². The molecule has 1 atom stereocenters. The third-order valence-corrected chi connectivity index (χ3v) is 4.01. The van der Waals surface area contributed by atoms with Gasteiger partial charge in [0.15, 0.2) is 0 Å². The lowest BCUT2D eigenvalue weighted by Gasteiger charge is -2.10. The molecule has 1 aliphatic rings. The largest absolute Gasteiger partial charge is 0.361 e.